The van der Waals surface area contributed by atoms with Crippen LogP contribution in [-0.2, 0) is 0 Å². The normalized spacial score (nSPS) is 22.1. The molecule has 0 bridgehead atoms. The summed E-state index contributed by atoms with van der Waals surface area (Å²) in [6.45, 7) is 0. The van der Waals surface area contributed by atoms with E-state index in [4.69, 9.17) is 11.6 Å². The maximum atomic E-state index is 13.9. The number of rotatable bonds is 2. The molecule has 1 aromatic carbocycles. The van der Waals surface area contributed by atoms with Gasteiger partial charge >= 0.3 is 6.18 Å². The van der Waals surface area contributed by atoms with E-state index in [1.54, 1.807) is 5.32 Å². The number of alkyl halides is 3. The van der Waals surface area contributed by atoms with Crippen LogP contribution in [0.2, 0.25) is 5.02 Å². The molecular weight excluding hydrogens is 332 g/mol. The molecule has 120 valence electrons. The average molecular weight is 341 g/mol. The van der Waals surface area contributed by atoms with Gasteiger partial charge in [0.25, 0.3) is 0 Å². The highest BCUT2D eigenvalue weighted by Crippen LogP contribution is 2.32. The number of anilines is 1. The summed E-state index contributed by atoms with van der Waals surface area (Å²) in [6, 6.07) is 1.66. The first-order valence-electron chi connectivity index (χ1n) is 5.79. The van der Waals surface area contributed by atoms with Crippen molar-refractivity contribution in [3.63, 3.8) is 0 Å². The second-order valence-corrected chi connectivity index (χ2v) is 4.77. The average Bonchev–Trinajstić information content (AvgIpc) is 2.39. The van der Waals surface area contributed by atoms with Gasteiger partial charge in [0.15, 0.2) is 12.5 Å². The van der Waals surface area contributed by atoms with Gasteiger partial charge < -0.3 is 15.5 Å². The number of halogens is 5. The Bertz CT molecular complexity index is 636. The van der Waals surface area contributed by atoms with Gasteiger partial charge in [-0.15, -0.1) is 0 Å². The van der Waals surface area contributed by atoms with E-state index in [0.29, 0.717) is 17.3 Å². The number of carbonyl (C=O) groups excluding carboxylic acids is 1. The van der Waals surface area contributed by atoms with Crippen LogP contribution in [0.5, 0.6) is 0 Å². The van der Waals surface area contributed by atoms with Crippen LogP contribution in [0.15, 0.2) is 23.9 Å². The van der Waals surface area contributed by atoms with E-state index in [-0.39, 0.29) is 10.6 Å². The van der Waals surface area contributed by atoms with Crippen LogP contribution in [0.25, 0.3) is 0 Å². The van der Waals surface area contributed by atoms with Crippen molar-refractivity contribution in [3.05, 3.63) is 40.3 Å². The number of allylic oxidation sites excluding steroid dienone is 1. The molecule has 0 saturated heterocycles. The Kier molecular flexibility index (Phi) is 4.32. The third kappa shape index (κ3) is 3.01. The van der Waals surface area contributed by atoms with Crippen LogP contribution >= 0.6 is 11.6 Å². The lowest BCUT2D eigenvalue weighted by molar-refractivity contribution is -0.106. The molecule has 0 amide bonds. The molecule has 1 aliphatic rings. The fourth-order valence-electron chi connectivity index (χ4n) is 1.92. The Morgan fingerprint density at radius 1 is 1.32 bits per heavy atom. The number of hydrogen-bond acceptors (Lipinski definition) is 5. The Hall–Kier alpha value is -1.84. The summed E-state index contributed by atoms with van der Waals surface area (Å²) in [7, 11) is 0. The van der Waals surface area contributed by atoms with Crippen molar-refractivity contribution in [2.75, 3.05) is 4.90 Å². The molecular formula is C12H9ClF4N2O3. The summed E-state index contributed by atoms with van der Waals surface area (Å²) in [5.41, 5.74) is -2.01. The van der Waals surface area contributed by atoms with Gasteiger partial charge in [-0.1, -0.05) is 11.6 Å². The molecule has 0 aliphatic carbocycles. The van der Waals surface area contributed by atoms with Crippen LogP contribution in [-0.4, -0.2) is 35.3 Å². The van der Waals surface area contributed by atoms with Crippen molar-refractivity contribution in [2.45, 2.75) is 18.8 Å². The molecule has 22 heavy (non-hydrogen) atoms. The van der Waals surface area contributed by atoms with Gasteiger partial charge in [-0.3, -0.25) is 9.69 Å². The molecule has 0 saturated carbocycles. The molecule has 0 aromatic heterocycles. The van der Waals surface area contributed by atoms with Crippen molar-refractivity contribution in [1.82, 2.24) is 5.32 Å². The van der Waals surface area contributed by atoms with Gasteiger partial charge in [0, 0.05) is 5.56 Å². The van der Waals surface area contributed by atoms with E-state index in [1.807, 2.05) is 0 Å². The minimum atomic E-state index is -4.82. The summed E-state index contributed by atoms with van der Waals surface area (Å²) < 4.78 is 51.6. The summed E-state index contributed by atoms with van der Waals surface area (Å²) in [5.74, 6) is -1.03. The first-order chi connectivity index (χ1) is 10.1. The fraction of sp³-hybridized carbons (Fsp3) is 0.250. The van der Waals surface area contributed by atoms with Gasteiger partial charge in [0.05, 0.1) is 10.7 Å². The number of aliphatic hydroxyl groups excluding tert-OH is 2. The fourth-order valence-corrected chi connectivity index (χ4v) is 2.12. The third-order valence-electron chi connectivity index (χ3n) is 2.93. The van der Waals surface area contributed by atoms with E-state index in [1.165, 1.54) is 0 Å². The Labute approximate surface area is 126 Å². The van der Waals surface area contributed by atoms with Gasteiger partial charge in [0.2, 0.25) is 6.35 Å². The lowest BCUT2D eigenvalue weighted by Gasteiger charge is -2.38. The van der Waals surface area contributed by atoms with E-state index >= 15 is 0 Å². The predicted octanol–water partition coefficient (Wildman–Crippen LogP) is 1.74. The Morgan fingerprint density at radius 2 is 1.95 bits per heavy atom. The molecule has 5 nitrogen and oxygen atoms in total. The Balaban J connectivity index is 2.46. The van der Waals surface area contributed by atoms with Crippen LogP contribution in [0.1, 0.15) is 10.4 Å². The van der Waals surface area contributed by atoms with Crippen molar-refractivity contribution in [1.29, 1.82) is 0 Å². The molecule has 2 unspecified atom stereocenters. The molecule has 2 rings (SSSR count). The molecule has 1 heterocycles. The molecule has 1 aliphatic heterocycles. The number of aldehydes is 1. The summed E-state index contributed by atoms with van der Waals surface area (Å²) in [5, 5.41) is 20.9. The van der Waals surface area contributed by atoms with Crippen molar-refractivity contribution >= 4 is 23.6 Å². The van der Waals surface area contributed by atoms with Crippen LogP contribution in [0.3, 0.4) is 0 Å². The molecule has 2 atom stereocenters. The van der Waals surface area contributed by atoms with Crippen molar-refractivity contribution in [2.24, 2.45) is 0 Å². The topological polar surface area (TPSA) is 72.8 Å². The van der Waals surface area contributed by atoms with Crippen LogP contribution in [0, 0.1) is 5.82 Å². The molecule has 1 aromatic rings. The van der Waals surface area contributed by atoms with Crippen LogP contribution in [0.4, 0.5) is 23.2 Å². The predicted molar refractivity (Wildman–Crippen MR) is 68.6 cm³/mol. The number of carbonyl (C=O) groups is 1. The second-order valence-electron chi connectivity index (χ2n) is 4.36. The first-order valence-corrected chi connectivity index (χ1v) is 6.17. The summed E-state index contributed by atoms with van der Waals surface area (Å²) in [4.78, 5) is 11.3. The zero-order valence-electron chi connectivity index (χ0n) is 10.6. The van der Waals surface area contributed by atoms with Crippen molar-refractivity contribution < 1.29 is 32.6 Å². The quantitative estimate of drug-likeness (QED) is 0.565. The SMILES string of the molecule is O=Cc1cc(N2C(O)C=C(C(F)(F)F)NC2O)c(F)cc1Cl. The highest BCUT2D eigenvalue weighted by molar-refractivity contribution is 6.33. The van der Waals surface area contributed by atoms with Gasteiger partial charge in [-0.2, -0.15) is 13.2 Å². The van der Waals surface area contributed by atoms with E-state index in [9.17, 15) is 32.6 Å². The van der Waals surface area contributed by atoms with Gasteiger partial charge in [-0.05, 0) is 18.2 Å². The van der Waals surface area contributed by atoms with Gasteiger partial charge in [0.1, 0.15) is 11.5 Å². The second kappa shape index (κ2) is 5.75. The summed E-state index contributed by atoms with van der Waals surface area (Å²) >= 11 is 5.61. The maximum Gasteiger partial charge on any atom is 0.430 e. The molecule has 0 spiro atoms. The molecule has 0 radical (unpaired) electrons. The molecule has 10 heteroatoms. The number of nitrogens with one attached hydrogen (secondary N) is 1. The van der Waals surface area contributed by atoms with E-state index in [2.05, 4.69) is 0 Å². The number of aliphatic hydroxyl groups is 2. The number of nitrogens with zero attached hydrogens (tertiary/aromatic N) is 1. The minimum absolute atomic E-state index is 0.150. The minimum Gasteiger partial charge on any atom is -0.370 e. The molecule has 0 fully saturated rings. The third-order valence-corrected chi connectivity index (χ3v) is 3.25. The highest BCUT2D eigenvalue weighted by atomic mass is 35.5. The first kappa shape index (κ1) is 16.5. The molecule has 3 N–H and O–H groups in total. The lowest BCUT2D eigenvalue weighted by Crippen LogP contribution is -2.56. The number of benzene rings is 1. The number of hydrogen-bond donors (Lipinski definition) is 3. The van der Waals surface area contributed by atoms with Gasteiger partial charge in [-0.25, -0.2) is 4.39 Å². The smallest absolute Gasteiger partial charge is 0.370 e. The van der Waals surface area contributed by atoms with E-state index in [0.717, 1.165) is 12.1 Å². The monoisotopic (exact) mass is 340 g/mol. The zero-order valence-corrected chi connectivity index (χ0v) is 11.4. The Morgan fingerprint density at radius 3 is 2.45 bits per heavy atom. The highest BCUT2D eigenvalue weighted by Gasteiger charge is 2.41. The zero-order chi connectivity index (χ0) is 16.7. The lowest BCUT2D eigenvalue weighted by atomic mass is 10.1. The largest absolute Gasteiger partial charge is 0.430 e. The maximum absolute atomic E-state index is 13.9. The summed E-state index contributed by atoms with van der Waals surface area (Å²) in [6.07, 6.45) is -8.19. The van der Waals surface area contributed by atoms with Crippen LogP contribution < -0.4 is 10.2 Å². The van der Waals surface area contributed by atoms with Crippen molar-refractivity contribution in [3.8, 4) is 0 Å². The van der Waals surface area contributed by atoms with E-state index < -0.39 is 36.0 Å². The standard InChI is InChI=1S/C12H9ClF4N2O3/c13-6-2-7(14)8(1-5(6)4-20)19-10(21)3-9(12(15,16)17)18-11(19)22/h1-4,10-11,18,21-22H.